The largest absolute Gasteiger partial charge is 0.473 e. The zero-order valence-electron chi connectivity index (χ0n) is 12.0. The van der Waals surface area contributed by atoms with Gasteiger partial charge in [-0.2, -0.15) is 4.98 Å². The summed E-state index contributed by atoms with van der Waals surface area (Å²) in [4.78, 5) is 10.9. The van der Waals surface area contributed by atoms with Crippen molar-refractivity contribution < 1.29 is 4.74 Å². The monoisotopic (exact) mass is 347 g/mol. The molecule has 4 nitrogen and oxygen atoms in total. The number of hydrogen-bond donors (Lipinski definition) is 0. The van der Waals surface area contributed by atoms with Gasteiger partial charge in [-0.15, -0.1) is 0 Å². The van der Waals surface area contributed by atoms with Crippen molar-refractivity contribution in [1.29, 1.82) is 0 Å². The smallest absolute Gasteiger partial charge is 0.218 e. The first-order valence-electron chi connectivity index (χ1n) is 7.13. The molecule has 3 rings (SSSR count). The van der Waals surface area contributed by atoms with Gasteiger partial charge in [-0.3, -0.25) is 4.90 Å². The van der Waals surface area contributed by atoms with Crippen LogP contribution in [-0.4, -0.2) is 34.1 Å². The van der Waals surface area contributed by atoms with Gasteiger partial charge in [-0.25, -0.2) is 4.98 Å². The lowest BCUT2D eigenvalue weighted by atomic mass is 10.2. The molecule has 2 aromatic rings. The number of nitrogens with zero attached hydrogens (tertiary/aromatic N) is 3. The third-order valence-corrected chi connectivity index (χ3v) is 3.95. The van der Waals surface area contributed by atoms with Crippen LogP contribution in [0.3, 0.4) is 0 Å². The highest BCUT2D eigenvalue weighted by Gasteiger charge is 2.24. The van der Waals surface area contributed by atoms with E-state index in [4.69, 9.17) is 4.74 Å². The van der Waals surface area contributed by atoms with Crippen molar-refractivity contribution in [1.82, 2.24) is 14.9 Å². The number of hydrogen-bond acceptors (Lipinski definition) is 4. The third kappa shape index (κ3) is 4.02. The second-order valence-corrected chi connectivity index (χ2v) is 6.14. The summed E-state index contributed by atoms with van der Waals surface area (Å²) in [5.41, 5.74) is 1.35. The van der Waals surface area contributed by atoms with Gasteiger partial charge in [0.05, 0.1) is 0 Å². The van der Waals surface area contributed by atoms with Gasteiger partial charge in [0.25, 0.3) is 0 Å². The third-order valence-electron chi connectivity index (χ3n) is 3.55. The molecule has 1 atom stereocenters. The Morgan fingerprint density at radius 2 is 2.10 bits per heavy atom. The molecule has 0 spiro atoms. The maximum atomic E-state index is 5.98. The minimum absolute atomic E-state index is 0.204. The zero-order chi connectivity index (χ0) is 14.7. The van der Waals surface area contributed by atoms with Gasteiger partial charge >= 0.3 is 0 Å². The van der Waals surface area contributed by atoms with Crippen LogP contribution < -0.4 is 4.74 Å². The molecule has 0 aliphatic carbocycles. The van der Waals surface area contributed by atoms with Crippen molar-refractivity contribution in [3.8, 4) is 5.88 Å². The molecule has 1 unspecified atom stereocenters. The first-order chi connectivity index (χ1) is 10.2. The quantitative estimate of drug-likeness (QED) is 0.796. The standard InChI is InChI=1S/C16H18BrN3O/c1-12-18-15(17)9-16(19-12)21-14-7-8-20(11-14)10-13-5-3-2-4-6-13/h2-6,9,14H,7-8,10-11H2,1H3. The summed E-state index contributed by atoms with van der Waals surface area (Å²) in [7, 11) is 0. The van der Waals surface area contributed by atoms with Crippen molar-refractivity contribution in [2.45, 2.75) is 26.0 Å². The van der Waals surface area contributed by atoms with E-state index in [1.54, 1.807) is 0 Å². The van der Waals surface area contributed by atoms with Crippen LogP contribution >= 0.6 is 15.9 Å². The van der Waals surface area contributed by atoms with Gasteiger partial charge in [0.1, 0.15) is 16.5 Å². The van der Waals surface area contributed by atoms with Gasteiger partial charge in [-0.05, 0) is 34.8 Å². The van der Waals surface area contributed by atoms with E-state index >= 15 is 0 Å². The van der Waals surface area contributed by atoms with Crippen LogP contribution in [0.25, 0.3) is 0 Å². The number of halogens is 1. The lowest BCUT2D eigenvalue weighted by Crippen LogP contribution is -2.24. The fourth-order valence-corrected chi connectivity index (χ4v) is 3.07. The van der Waals surface area contributed by atoms with Crippen LogP contribution in [0.5, 0.6) is 5.88 Å². The number of aromatic nitrogens is 2. The summed E-state index contributed by atoms with van der Waals surface area (Å²) >= 11 is 3.38. The highest BCUT2D eigenvalue weighted by molar-refractivity contribution is 9.10. The lowest BCUT2D eigenvalue weighted by Gasteiger charge is -2.16. The second kappa shape index (κ2) is 6.54. The van der Waals surface area contributed by atoms with E-state index in [1.807, 2.05) is 13.0 Å². The predicted octanol–water partition coefficient (Wildman–Crippen LogP) is 3.20. The van der Waals surface area contributed by atoms with Gasteiger partial charge in [-0.1, -0.05) is 30.3 Å². The SMILES string of the molecule is Cc1nc(Br)cc(OC2CCN(Cc3ccccc3)C2)n1. The molecular weight excluding hydrogens is 330 g/mol. The molecular formula is C16H18BrN3O. The predicted molar refractivity (Wildman–Crippen MR) is 85.2 cm³/mol. The molecule has 110 valence electrons. The molecule has 1 fully saturated rings. The molecule has 0 amide bonds. The Morgan fingerprint density at radius 1 is 1.29 bits per heavy atom. The highest BCUT2D eigenvalue weighted by Crippen LogP contribution is 2.20. The van der Waals surface area contributed by atoms with Crippen LogP contribution in [0.1, 0.15) is 17.8 Å². The average Bonchev–Trinajstić information content (AvgIpc) is 2.86. The number of rotatable bonds is 4. The molecule has 0 saturated carbocycles. The molecule has 0 bridgehead atoms. The molecule has 0 N–H and O–H groups in total. The average molecular weight is 348 g/mol. The Hall–Kier alpha value is -1.46. The summed E-state index contributed by atoms with van der Waals surface area (Å²) in [5, 5.41) is 0. The molecule has 2 heterocycles. The van der Waals surface area contributed by atoms with E-state index in [0.29, 0.717) is 5.88 Å². The molecule has 1 saturated heterocycles. The summed E-state index contributed by atoms with van der Waals surface area (Å²) in [5.74, 6) is 1.37. The second-order valence-electron chi connectivity index (χ2n) is 5.33. The van der Waals surface area contributed by atoms with Crippen molar-refractivity contribution >= 4 is 15.9 Å². The fraction of sp³-hybridized carbons (Fsp3) is 0.375. The zero-order valence-corrected chi connectivity index (χ0v) is 13.6. The molecule has 1 aromatic carbocycles. The topological polar surface area (TPSA) is 38.2 Å². The molecule has 5 heteroatoms. The van der Waals surface area contributed by atoms with E-state index in [-0.39, 0.29) is 6.10 Å². The van der Waals surface area contributed by atoms with Crippen LogP contribution in [0.2, 0.25) is 0 Å². The molecule has 1 aliphatic rings. The first-order valence-corrected chi connectivity index (χ1v) is 7.92. The Bertz CT molecular complexity index is 585. The summed E-state index contributed by atoms with van der Waals surface area (Å²) in [6, 6.07) is 12.4. The molecule has 1 aromatic heterocycles. The first kappa shape index (κ1) is 14.5. The van der Waals surface area contributed by atoms with Gasteiger partial charge in [0, 0.05) is 25.7 Å². The number of likely N-dealkylation sites (tertiary alicyclic amines) is 1. The van der Waals surface area contributed by atoms with E-state index in [9.17, 15) is 0 Å². The Balaban J connectivity index is 1.57. The minimum Gasteiger partial charge on any atom is -0.473 e. The molecule has 1 aliphatic heterocycles. The lowest BCUT2D eigenvalue weighted by molar-refractivity contribution is 0.190. The van der Waals surface area contributed by atoms with Gasteiger partial charge in [0.2, 0.25) is 5.88 Å². The van der Waals surface area contributed by atoms with Gasteiger partial charge < -0.3 is 4.74 Å². The van der Waals surface area contributed by atoms with Crippen molar-refractivity contribution in [2.24, 2.45) is 0 Å². The van der Waals surface area contributed by atoms with Crippen LogP contribution in [0.15, 0.2) is 41.0 Å². The van der Waals surface area contributed by atoms with E-state index in [0.717, 1.165) is 36.5 Å². The van der Waals surface area contributed by atoms with Crippen molar-refractivity contribution in [3.05, 3.63) is 52.4 Å². The van der Waals surface area contributed by atoms with E-state index in [1.165, 1.54) is 5.56 Å². The summed E-state index contributed by atoms with van der Waals surface area (Å²) < 4.78 is 6.75. The van der Waals surface area contributed by atoms with Gasteiger partial charge in [0.15, 0.2) is 0 Å². The number of benzene rings is 1. The Morgan fingerprint density at radius 3 is 2.86 bits per heavy atom. The highest BCUT2D eigenvalue weighted by atomic mass is 79.9. The van der Waals surface area contributed by atoms with Crippen molar-refractivity contribution in [2.75, 3.05) is 13.1 Å². The molecule has 21 heavy (non-hydrogen) atoms. The Labute approximate surface area is 133 Å². The fourth-order valence-electron chi connectivity index (χ4n) is 2.62. The maximum absolute atomic E-state index is 5.98. The number of ether oxygens (including phenoxy) is 1. The van der Waals surface area contributed by atoms with Crippen LogP contribution in [0.4, 0.5) is 0 Å². The minimum atomic E-state index is 0.204. The van der Waals surface area contributed by atoms with Crippen LogP contribution in [0, 0.1) is 6.92 Å². The summed E-state index contributed by atoms with van der Waals surface area (Å²) in [6.45, 7) is 4.85. The summed E-state index contributed by atoms with van der Waals surface area (Å²) in [6.07, 6.45) is 1.24. The van der Waals surface area contributed by atoms with E-state index < -0.39 is 0 Å². The van der Waals surface area contributed by atoms with Crippen LogP contribution in [-0.2, 0) is 6.54 Å². The van der Waals surface area contributed by atoms with Crippen molar-refractivity contribution in [3.63, 3.8) is 0 Å². The van der Waals surface area contributed by atoms with E-state index in [2.05, 4.69) is 61.1 Å². The Kier molecular flexibility index (Phi) is 4.51. The normalized spacial score (nSPS) is 18.9. The molecule has 0 radical (unpaired) electrons. The number of aryl methyl sites for hydroxylation is 1. The maximum Gasteiger partial charge on any atom is 0.218 e.